The van der Waals surface area contributed by atoms with Gasteiger partial charge in [-0.2, -0.15) is 5.10 Å². The molecule has 1 unspecified atom stereocenters. The second-order valence-corrected chi connectivity index (χ2v) is 12.3. The summed E-state index contributed by atoms with van der Waals surface area (Å²) >= 11 is 8.23. The van der Waals surface area contributed by atoms with Crippen molar-refractivity contribution in [3.8, 4) is 16.2 Å². The summed E-state index contributed by atoms with van der Waals surface area (Å²) in [5, 5.41) is 23.2. The van der Waals surface area contributed by atoms with Crippen LogP contribution in [0.1, 0.15) is 31.5 Å². The Morgan fingerprint density at radius 1 is 1.29 bits per heavy atom. The number of benzene rings is 1. The number of allylic oxidation sites excluding steroid dienone is 3. The minimum absolute atomic E-state index is 0.153. The van der Waals surface area contributed by atoms with Crippen LogP contribution in [0.25, 0.3) is 20.7 Å². The number of hydrogen-bond acceptors (Lipinski definition) is 8. The lowest BCUT2D eigenvalue weighted by atomic mass is 9.84. The Morgan fingerprint density at radius 2 is 2.17 bits per heavy atom. The van der Waals surface area contributed by atoms with Crippen molar-refractivity contribution in [2.45, 2.75) is 45.8 Å². The highest BCUT2D eigenvalue weighted by Crippen LogP contribution is 2.45. The van der Waals surface area contributed by atoms with Gasteiger partial charge in [0.15, 0.2) is 0 Å². The Balaban J connectivity index is 1.21. The summed E-state index contributed by atoms with van der Waals surface area (Å²) in [4.78, 5) is 11.2. The van der Waals surface area contributed by atoms with Crippen molar-refractivity contribution in [2.75, 3.05) is 25.0 Å². The van der Waals surface area contributed by atoms with Gasteiger partial charge in [0, 0.05) is 40.7 Å². The van der Waals surface area contributed by atoms with Gasteiger partial charge in [-0.3, -0.25) is 4.68 Å². The normalized spacial score (nSPS) is 18.6. The minimum Gasteiger partial charge on any atom is -0.491 e. The molecule has 0 saturated carbocycles. The highest BCUT2D eigenvalue weighted by Gasteiger charge is 2.28. The van der Waals surface area contributed by atoms with Crippen LogP contribution in [0.2, 0.25) is 5.02 Å². The summed E-state index contributed by atoms with van der Waals surface area (Å²) in [5.74, 6) is 1.11. The first-order valence-electron chi connectivity index (χ1n) is 13.8. The quantitative estimate of drug-likeness (QED) is 0.201. The molecule has 4 aromatic rings. The molecule has 2 aliphatic carbocycles. The van der Waals surface area contributed by atoms with Crippen LogP contribution in [0.4, 0.5) is 15.9 Å². The molecule has 41 heavy (non-hydrogen) atoms. The third-order valence-corrected chi connectivity index (χ3v) is 8.88. The van der Waals surface area contributed by atoms with Crippen LogP contribution in [0.3, 0.4) is 0 Å². The number of aliphatic hydroxyl groups excluding tert-OH is 1. The van der Waals surface area contributed by atoms with Crippen molar-refractivity contribution in [3.63, 3.8) is 0 Å². The Labute approximate surface area is 246 Å². The predicted molar refractivity (Wildman–Crippen MR) is 162 cm³/mol. The maximum Gasteiger partial charge on any atom is 0.142 e. The Bertz CT molecular complexity index is 1650. The summed E-state index contributed by atoms with van der Waals surface area (Å²) in [6.45, 7) is 6.09. The third kappa shape index (κ3) is 5.88. The van der Waals surface area contributed by atoms with E-state index in [1.807, 2.05) is 49.0 Å². The van der Waals surface area contributed by atoms with Crippen LogP contribution < -0.4 is 15.4 Å². The molecular weight excluding hydrogens is 563 g/mol. The molecule has 1 aromatic carbocycles. The van der Waals surface area contributed by atoms with Crippen molar-refractivity contribution in [2.24, 2.45) is 5.41 Å². The molecule has 0 spiro atoms. The summed E-state index contributed by atoms with van der Waals surface area (Å²) in [7, 11) is 0. The molecule has 0 radical (unpaired) electrons. The number of likely N-dealkylation sites (N-methyl/N-ethyl adjacent to an activating group) is 1. The van der Waals surface area contributed by atoms with E-state index in [0.29, 0.717) is 36.9 Å². The zero-order valence-electron chi connectivity index (χ0n) is 23.0. The molecule has 0 bridgehead atoms. The molecule has 3 heterocycles. The Hall–Kier alpha value is -3.31. The molecule has 8 nitrogen and oxygen atoms in total. The molecule has 0 amide bonds. The monoisotopic (exact) mass is 594 g/mol. The predicted octanol–water partition coefficient (Wildman–Crippen LogP) is 6.22. The number of fused-ring (bicyclic) bond motifs is 5. The van der Waals surface area contributed by atoms with Crippen LogP contribution in [0.5, 0.6) is 5.75 Å². The minimum atomic E-state index is -0.504. The van der Waals surface area contributed by atoms with E-state index in [4.69, 9.17) is 21.4 Å². The van der Waals surface area contributed by atoms with E-state index in [1.54, 1.807) is 23.7 Å². The number of ether oxygens (including phenoxy) is 1. The fraction of sp³-hybridized carbons (Fsp3) is 0.367. The van der Waals surface area contributed by atoms with Crippen LogP contribution in [-0.4, -0.2) is 50.7 Å². The van der Waals surface area contributed by atoms with Gasteiger partial charge in [-0.05, 0) is 49.2 Å². The van der Waals surface area contributed by atoms with Crippen LogP contribution in [0, 0.1) is 5.41 Å². The first-order chi connectivity index (χ1) is 19.8. The van der Waals surface area contributed by atoms with E-state index in [-0.39, 0.29) is 5.83 Å². The summed E-state index contributed by atoms with van der Waals surface area (Å²) < 4.78 is 21.6. The van der Waals surface area contributed by atoms with E-state index in [0.717, 1.165) is 57.2 Å². The van der Waals surface area contributed by atoms with Crippen molar-refractivity contribution in [1.82, 2.24) is 25.1 Å². The zero-order valence-corrected chi connectivity index (χ0v) is 24.5. The van der Waals surface area contributed by atoms with Crippen LogP contribution >= 0.6 is 22.9 Å². The lowest BCUT2D eigenvalue weighted by Gasteiger charge is -2.27. The van der Waals surface area contributed by atoms with Crippen LogP contribution in [0.15, 0.2) is 54.8 Å². The number of nitrogens with zero attached hydrogens (tertiary/aromatic N) is 4. The first kappa shape index (κ1) is 27.8. The van der Waals surface area contributed by atoms with Gasteiger partial charge in [0.05, 0.1) is 35.4 Å². The summed E-state index contributed by atoms with van der Waals surface area (Å²) in [5.41, 5.74) is 3.69. The largest absolute Gasteiger partial charge is 0.491 e. The van der Waals surface area contributed by atoms with Gasteiger partial charge in [0.25, 0.3) is 0 Å². The summed E-state index contributed by atoms with van der Waals surface area (Å²) in [6.07, 6.45) is 10.2. The number of halogens is 2. The number of thiophene rings is 1. The van der Waals surface area contributed by atoms with Gasteiger partial charge in [0.1, 0.15) is 28.6 Å². The molecule has 2 aliphatic rings. The number of hydrogen-bond donors (Lipinski definition) is 3. The lowest BCUT2D eigenvalue weighted by Crippen LogP contribution is -2.30. The van der Waals surface area contributed by atoms with E-state index >= 15 is 0 Å². The van der Waals surface area contributed by atoms with Gasteiger partial charge < -0.3 is 20.5 Å². The zero-order chi connectivity index (χ0) is 28.6. The van der Waals surface area contributed by atoms with E-state index in [9.17, 15) is 9.50 Å². The maximum atomic E-state index is 13.8. The van der Waals surface area contributed by atoms with Gasteiger partial charge in [-0.25, -0.2) is 14.4 Å². The van der Waals surface area contributed by atoms with Crippen molar-refractivity contribution < 1.29 is 14.2 Å². The molecule has 11 heteroatoms. The second-order valence-electron chi connectivity index (χ2n) is 10.8. The van der Waals surface area contributed by atoms with Crippen LogP contribution in [-0.2, 0) is 19.4 Å². The number of aryl methyl sites for hydroxylation is 2. The smallest absolute Gasteiger partial charge is 0.142 e. The second kappa shape index (κ2) is 11.5. The van der Waals surface area contributed by atoms with Gasteiger partial charge in [-0.15, -0.1) is 11.3 Å². The van der Waals surface area contributed by atoms with Crippen molar-refractivity contribution >= 4 is 44.7 Å². The van der Waals surface area contributed by atoms with Gasteiger partial charge >= 0.3 is 0 Å². The SMILES string of the molecule is CCNC[C@@H](O)Cn1cc2c(n1)CCc1c-2sc2ncnc(Nc3ccc(OCC4(C)C=CC=C(F)C4)c(Cl)c3)c12. The first-order valence-corrected chi connectivity index (χ1v) is 15.0. The molecule has 3 aromatic heterocycles. The average molecular weight is 595 g/mol. The molecule has 0 saturated heterocycles. The molecule has 2 atom stereocenters. The Kier molecular flexibility index (Phi) is 7.82. The lowest BCUT2D eigenvalue weighted by molar-refractivity contribution is 0.147. The highest BCUT2D eigenvalue weighted by molar-refractivity contribution is 7.22. The highest BCUT2D eigenvalue weighted by atomic mass is 35.5. The van der Waals surface area contributed by atoms with E-state index < -0.39 is 11.5 Å². The topological polar surface area (TPSA) is 97.1 Å². The number of nitrogens with one attached hydrogen (secondary N) is 2. The maximum absolute atomic E-state index is 13.8. The number of aromatic nitrogens is 4. The average Bonchev–Trinajstić information content (AvgIpc) is 3.52. The number of anilines is 2. The van der Waals surface area contributed by atoms with Crippen molar-refractivity contribution in [1.29, 1.82) is 0 Å². The molecule has 214 valence electrons. The number of rotatable bonds is 10. The molecule has 0 aliphatic heterocycles. The van der Waals surface area contributed by atoms with Gasteiger partial charge in [0.2, 0.25) is 0 Å². The summed E-state index contributed by atoms with van der Waals surface area (Å²) in [6, 6.07) is 5.53. The molecular formula is C30H32ClFN6O2S. The fourth-order valence-electron chi connectivity index (χ4n) is 5.37. The fourth-order valence-corrected chi connectivity index (χ4v) is 6.83. The number of aliphatic hydroxyl groups is 1. The van der Waals surface area contributed by atoms with Crippen molar-refractivity contribution in [3.05, 3.63) is 71.1 Å². The van der Waals surface area contributed by atoms with E-state index in [2.05, 4.69) is 20.6 Å². The molecule has 0 fully saturated rings. The molecule has 3 N–H and O–H groups in total. The Morgan fingerprint density at radius 3 is 2.98 bits per heavy atom. The van der Waals surface area contributed by atoms with E-state index in [1.165, 1.54) is 11.6 Å². The third-order valence-electron chi connectivity index (χ3n) is 7.41. The molecule has 6 rings (SSSR count). The van der Waals surface area contributed by atoms with Gasteiger partial charge in [-0.1, -0.05) is 37.6 Å². The standard InChI is InChI=1S/C30H32ClFN6O2S/c1-3-33-13-20(39)14-38-15-22-24(37-38)8-7-21-26-28(34-17-35-29(26)41-27(21)22)36-19-6-9-25(23(31)11-19)40-16-30(2)10-4-5-18(32)12-30/h4-6,9-11,15,17,20,33,39H,3,7-8,12-14,16H2,1-2H3,(H,34,35,36)/t20-,30?/m1/s1.